The van der Waals surface area contributed by atoms with E-state index in [9.17, 15) is 14.3 Å². The fraction of sp³-hybridized carbons (Fsp3) is 0.238. The van der Waals surface area contributed by atoms with Crippen molar-refractivity contribution in [3.8, 4) is 17.0 Å². The van der Waals surface area contributed by atoms with Gasteiger partial charge < -0.3 is 10.0 Å². The monoisotopic (exact) mass is 365 g/mol. The maximum atomic E-state index is 13.4. The first-order valence-corrected chi connectivity index (χ1v) is 8.96. The van der Waals surface area contributed by atoms with Gasteiger partial charge in [0.25, 0.3) is 5.91 Å². The highest BCUT2D eigenvalue weighted by Crippen LogP contribution is 2.44. The average Bonchev–Trinajstić information content (AvgIpc) is 3.19. The van der Waals surface area contributed by atoms with Gasteiger partial charge in [0.05, 0.1) is 6.04 Å². The van der Waals surface area contributed by atoms with Crippen LogP contribution in [0.25, 0.3) is 11.3 Å². The van der Waals surface area contributed by atoms with E-state index >= 15 is 0 Å². The van der Waals surface area contributed by atoms with Gasteiger partial charge in [0.1, 0.15) is 23.0 Å². The molecule has 0 saturated heterocycles. The van der Waals surface area contributed by atoms with Crippen LogP contribution in [0.4, 0.5) is 4.39 Å². The third-order valence-corrected chi connectivity index (χ3v) is 4.92. The standard InChI is InChI=1S/C21H20FN3O2/c1-3-10-25-20(13-5-7-14(22)8-6-13)17-18(23-24-19(17)21(25)27)15-11-12(2)4-9-16(15)26/h4-9,11,20,26H,3,10H2,1-2H3,(H,23,24)/t20-/m0/s1. The Morgan fingerprint density at radius 1 is 1.22 bits per heavy atom. The third-order valence-electron chi connectivity index (χ3n) is 4.92. The molecule has 0 aliphatic carbocycles. The predicted molar refractivity (Wildman–Crippen MR) is 100.0 cm³/mol. The maximum Gasteiger partial charge on any atom is 0.273 e. The zero-order valence-electron chi connectivity index (χ0n) is 15.2. The van der Waals surface area contributed by atoms with Gasteiger partial charge in [-0.2, -0.15) is 5.10 Å². The van der Waals surface area contributed by atoms with E-state index in [4.69, 9.17) is 0 Å². The average molecular weight is 365 g/mol. The second kappa shape index (κ2) is 6.54. The van der Waals surface area contributed by atoms with Crippen LogP contribution in [0.2, 0.25) is 0 Å². The molecule has 27 heavy (non-hydrogen) atoms. The highest BCUT2D eigenvalue weighted by molar-refractivity contribution is 6.00. The van der Waals surface area contributed by atoms with Gasteiger partial charge in [-0.15, -0.1) is 0 Å². The minimum absolute atomic E-state index is 0.106. The molecule has 0 saturated carbocycles. The first-order chi connectivity index (χ1) is 13.0. The number of aromatic amines is 1. The van der Waals surface area contributed by atoms with Crippen LogP contribution in [0.15, 0.2) is 42.5 Å². The van der Waals surface area contributed by atoms with Gasteiger partial charge in [-0.1, -0.05) is 30.7 Å². The van der Waals surface area contributed by atoms with Gasteiger partial charge in [-0.05, 0) is 43.2 Å². The summed E-state index contributed by atoms with van der Waals surface area (Å²) in [5.41, 5.74) is 4.06. The first kappa shape index (κ1) is 17.3. The lowest BCUT2D eigenvalue weighted by Gasteiger charge is -2.26. The smallest absolute Gasteiger partial charge is 0.273 e. The Morgan fingerprint density at radius 3 is 2.67 bits per heavy atom. The van der Waals surface area contributed by atoms with Crippen LogP contribution in [0.3, 0.4) is 0 Å². The Balaban J connectivity index is 1.92. The molecule has 1 amide bonds. The zero-order chi connectivity index (χ0) is 19.1. The second-order valence-corrected chi connectivity index (χ2v) is 6.83. The summed E-state index contributed by atoms with van der Waals surface area (Å²) < 4.78 is 13.4. The van der Waals surface area contributed by atoms with Gasteiger partial charge in [-0.3, -0.25) is 9.89 Å². The summed E-state index contributed by atoms with van der Waals surface area (Å²) in [6.45, 7) is 4.51. The summed E-state index contributed by atoms with van der Waals surface area (Å²) in [7, 11) is 0. The summed E-state index contributed by atoms with van der Waals surface area (Å²) in [6.07, 6.45) is 0.798. The number of hydrogen-bond donors (Lipinski definition) is 2. The highest BCUT2D eigenvalue weighted by atomic mass is 19.1. The van der Waals surface area contributed by atoms with E-state index in [1.165, 1.54) is 12.1 Å². The van der Waals surface area contributed by atoms with Gasteiger partial charge in [-0.25, -0.2) is 4.39 Å². The minimum atomic E-state index is -0.373. The number of phenols is 1. The summed E-state index contributed by atoms with van der Waals surface area (Å²) >= 11 is 0. The van der Waals surface area contributed by atoms with E-state index in [-0.39, 0.29) is 23.5 Å². The Morgan fingerprint density at radius 2 is 1.96 bits per heavy atom. The number of benzene rings is 2. The van der Waals surface area contributed by atoms with Crippen molar-refractivity contribution in [2.45, 2.75) is 26.3 Å². The Kier molecular flexibility index (Phi) is 4.18. The van der Waals surface area contributed by atoms with Crippen molar-refractivity contribution in [1.82, 2.24) is 15.1 Å². The van der Waals surface area contributed by atoms with Crippen LogP contribution >= 0.6 is 0 Å². The van der Waals surface area contributed by atoms with E-state index in [2.05, 4.69) is 10.2 Å². The molecule has 138 valence electrons. The highest BCUT2D eigenvalue weighted by Gasteiger charge is 2.42. The molecule has 2 heterocycles. The normalized spacial score (nSPS) is 16.0. The van der Waals surface area contributed by atoms with Gasteiger partial charge >= 0.3 is 0 Å². The molecule has 5 nitrogen and oxygen atoms in total. The number of aromatic nitrogens is 2. The molecule has 4 rings (SSSR count). The Bertz CT molecular complexity index is 1010. The Labute approximate surface area is 156 Å². The van der Waals surface area contributed by atoms with E-state index in [0.717, 1.165) is 23.1 Å². The van der Waals surface area contributed by atoms with Crippen LogP contribution in [0.5, 0.6) is 5.75 Å². The maximum absolute atomic E-state index is 13.4. The summed E-state index contributed by atoms with van der Waals surface area (Å²) in [5.74, 6) is -0.352. The Hall–Kier alpha value is -3.15. The van der Waals surface area contributed by atoms with Crippen molar-refractivity contribution in [3.63, 3.8) is 0 Å². The SMILES string of the molecule is CCCN1C(=O)c2[nH]nc(-c3cc(C)ccc3O)c2[C@@H]1c1ccc(F)cc1. The lowest BCUT2D eigenvalue weighted by molar-refractivity contribution is 0.0744. The van der Waals surface area contributed by atoms with E-state index in [1.54, 1.807) is 23.1 Å². The third kappa shape index (κ3) is 2.77. The number of H-pyrrole nitrogens is 1. The molecule has 2 N–H and O–H groups in total. The van der Waals surface area contributed by atoms with Crippen molar-refractivity contribution in [1.29, 1.82) is 0 Å². The van der Waals surface area contributed by atoms with Gasteiger partial charge in [0, 0.05) is 17.7 Å². The molecule has 1 aromatic heterocycles. The number of nitrogens with zero attached hydrogens (tertiary/aromatic N) is 2. The van der Waals surface area contributed by atoms with E-state index in [0.29, 0.717) is 23.5 Å². The van der Waals surface area contributed by atoms with Crippen LogP contribution in [-0.4, -0.2) is 32.7 Å². The van der Waals surface area contributed by atoms with Crippen LogP contribution < -0.4 is 0 Å². The topological polar surface area (TPSA) is 69.2 Å². The number of aryl methyl sites for hydroxylation is 1. The van der Waals surface area contributed by atoms with E-state index in [1.807, 2.05) is 26.0 Å². The quantitative estimate of drug-likeness (QED) is 0.729. The zero-order valence-corrected chi connectivity index (χ0v) is 15.2. The molecule has 1 atom stereocenters. The molecule has 0 fully saturated rings. The van der Waals surface area contributed by atoms with Crippen LogP contribution in [0, 0.1) is 12.7 Å². The molecular weight excluding hydrogens is 345 g/mol. The van der Waals surface area contributed by atoms with E-state index < -0.39 is 0 Å². The molecule has 0 radical (unpaired) electrons. The number of aromatic hydroxyl groups is 1. The molecule has 2 aromatic carbocycles. The number of carbonyl (C=O) groups is 1. The number of phenolic OH excluding ortho intramolecular Hbond substituents is 1. The second-order valence-electron chi connectivity index (χ2n) is 6.83. The minimum Gasteiger partial charge on any atom is -0.507 e. The summed E-state index contributed by atoms with van der Waals surface area (Å²) in [4.78, 5) is 14.7. The number of amides is 1. The number of carbonyl (C=O) groups excluding carboxylic acids is 1. The molecule has 1 aliphatic heterocycles. The number of nitrogens with one attached hydrogen (secondary N) is 1. The molecule has 3 aromatic rings. The molecule has 1 aliphatic rings. The number of halogens is 1. The largest absolute Gasteiger partial charge is 0.507 e. The fourth-order valence-electron chi connectivity index (χ4n) is 3.70. The molecule has 0 bridgehead atoms. The lowest BCUT2D eigenvalue weighted by Crippen LogP contribution is -2.30. The van der Waals surface area contributed by atoms with Crippen molar-refractivity contribution in [2.24, 2.45) is 0 Å². The van der Waals surface area contributed by atoms with Crippen molar-refractivity contribution >= 4 is 5.91 Å². The molecule has 6 heteroatoms. The number of rotatable bonds is 4. The number of hydrogen-bond acceptors (Lipinski definition) is 3. The van der Waals surface area contributed by atoms with Gasteiger partial charge in [0.15, 0.2) is 0 Å². The summed E-state index contributed by atoms with van der Waals surface area (Å²) in [6, 6.07) is 11.1. The van der Waals surface area contributed by atoms with Gasteiger partial charge in [0.2, 0.25) is 0 Å². The molecule has 0 spiro atoms. The first-order valence-electron chi connectivity index (χ1n) is 8.96. The lowest BCUT2D eigenvalue weighted by atomic mass is 9.95. The van der Waals surface area contributed by atoms with Crippen molar-refractivity contribution in [3.05, 3.63) is 70.7 Å². The molecule has 0 unspecified atom stereocenters. The van der Waals surface area contributed by atoms with Crippen molar-refractivity contribution < 1.29 is 14.3 Å². The summed E-state index contributed by atoms with van der Waals surface area (Å²) in [5, 5.41) is 17.6. The van der Waals surface area contributed by atoms with Crippen LogP contribution in [-0.2, 0) is 0 Å². The number of fused-ring (bicyclic) bond motifs is 1. The van der Waals surface area contributed by atoms with Crippen molar-refractivity contribution in [2.75, 3.05) is 6.54 Å². The van der Waals surface area contributed by atoms with Crippen LogP contribution in [0.1, 0.15) is 46.6 Å². The fourth-order valence-corrected chi connectivity index (χ4v) is 3.70. The molecular formula is C21H20FN3O2. The predicted octanol–water partition coefficient (Wildman–Crippen LogP) is 4.19.